The van der Waals surface area contributed by atoms with Gasteiger partial charge in [0.1, 0.15) is 0 Å². The zero-order chi connectivity index (χ0) is 26.8. The van der Waals surface area contributed by atoms with Crippen LogP contribution in [-0.4, -0.2) is 3.21 Å². The van der Waals surface area contributed by atoms with Crippen molar-refractivity contribution in [3.63, 3.8) is 0 Å². The van der Waals surface area contributed by atoms with Crippen molar-refractivity contribution in [2.45, 2.75) is 107 Å². The van der Waals surface area contributed by atoms with E-state index in [0.29, 0.717) is 5.92 Å². The Labute approximate surface area is 253 Å². The zero-order valence-corrected chi connectivity index (χ0v) is 29.8. The third-order valence-corrected chi connectivity index (χ3v) is 15.8. The largest absolute Gasteiger partial charge is 1.00 e. The van der Waals surface area contributed by atoms with Crippen LogP contribution < -0.4 is 28.1 Å². The molecule has 0 saturated heterocycles. The molecule has 206 valence electrons. The second kappa shape index (κ2) is 11.6. The molecular formula is C35H48Cl2Zr. The van der Waals surface area contributed by atoms with E-state index in [0.717, 1.165) is 6.42 Å². The quantitative estimate of drug-likeness (QED) is 0.417. The second-order valence-electron chi connectivity index (χ2n) is 14.5. The Bertz CT molecular complexity index is 1300. The molecule has 4 rings (SSSR count). The smallest absolute Gasteiger partial charge is 1.00 e. The standard InChI is InChI=1S/C21H25.C11H17.C3H6.2ClH.Zr/c1-20(2,3)16-9-7-14-11-15-8-10-17(21(4,5)6)13-19(15)18(14)12-16;1-5-9-6-7-10(8-9)11(2,3)4;1-3-2;;;/h7,9-10,12-13H,11H2,1-6H3;7-9H,5H2,1-4H3;1-2H3;2*1H;/q;;;;;+2/p-2. The van der Waals surface area contributed by atoms with Crippen molar-refractivity contribution in [1.82, 2.24) is 0 Å². The van der Waals surface area contributed by atoms with Crippen LogP contribution in [0.1, 0.15) is 112 Å². The maximum atomic E-state index is 2.65. The number of allylic oxidation sites excluding steroid dienone is 4. The van der Waals surface area contributed by atoms with Gasteiger partial charge in [0.15, 0.2) is 0 Å². The first-order valence-corrected chi connectivity index (χ1v) is 17.6. The van der Waals surface area contributed by atoms with Gasteiger partial charge in [-0.25, -0.2) is 0 Å². The minimum Gasteiger partial charge on any atom is -1.00 e. The summed E-state index contributed by atoms with van der Waals surface area (Å²) in [6, 6.07) is 12.5. The molecule has 2 aromatic rings. The van der Waals surface area contributed by atoms with Crippen LogP contribution in [0.3, 0.4) is 0 Å². The Hall–Kier alpha value is -0.747. The van der Waals surface area contributed by atoms with Gasteiger partial charge in [0.25, 0.3) is 0 Å². The van der Waals surface area contributed by atoms with Gasteiger partial charge in [-0.2, -0.15) is 0 Å². The summed E-state index contributed by atoms with van der Waals surface area (Å²) in [5.41, 5.74) is 11.2. The maximum Gasteiger partial charge on any atom is -1.00 e. The van der Waals surface area contributed by atoms with Crippen LogP contribution >= 0.6 is 0 Å². The summed E-state index contributed by atoms with van der Waals surface area (Å²) in [6.07, 6.45) is 7.55. The summed E-state index contributed by atoms with van der Waals surface area (Å²) in [5.74, 6) is 0.605. The Morgan fingerprint density at radius 1 is 0.789 bits per heavy atom. The molecule has 1 atom stereocenters. The fraction of sp³-hybridized carbons (Fsp3) is 0.514. The zero-order valence-electron chi connectivity index (χ0n) is 25.8. The number of rotatable bonds is 3. The molecule has 0 amide bonds. The van der Waals surface area contributed by atoms with E-state index in [1.165, 1.54) is 34.2 Å². The van der Waals surface area contributed by atoms with Crippen LogP contribution in [0.15, 0.2) is 51.3 Å². The minimum absolute atomic E-state index is 0. The maximum absolute atomic E-state index is 2.65. The summed E-state index contributed by atoms with van der Waals surface area (Å²) in [4.78, 5) is 0. The van der Waals surface area contributed by atoms with Gasteiger partial charge >= 0.3 is 231 Å². The molecule has 0 radical (unpaired) electrons. The predicted molar refractivity (Wildman–Crippen MR) is 157 cm³/mol. The number of fused-ring (bicyclic) bond motifs is 3. The molecular weight excluding hydrogens is 583 g/mol. The molecule has 0 nitrogen and oxygen atoms in total. The Balaban J connectivity index is 0.00000253. The van der Waals surface area contributed by atoms with Crippen molar-refractivity contribution < 1.29 is 46.1 Å². The number of hydrogen-bond acceptors (Lipinski definition) is 0. The van der Waals surface area contributed by atoms with Gasteiger partial charge in [-0.1, -0.05) is 0 Å². The van der Waals surface area contributed by atoms with Crippen LogP contribution in [-0.2, 0) is 38.5 Å². The van der Waals surface area contributed by atoms with Crippen LogP contribution in [0.2, 0.25) is 0 Å². The first-order chi connectivity index (χ1) is 16.5. The van der Waals surface area contributed by atoms with Crippen LogP contribution in [0.4, 0.5) is 0 Å². The van der Waals surface area contributed by atoms with E-state index in [9.17, 15) is 0 Å². The number of hydrogen-bond donors (Lipinski definition) is 0. The van der Waals surface area contributed by atoms with Crippen molar-refractivity contribution in [3.8, 4) is 11.1 Å². The Kier molecular flexibility index (Phi) is 10.2. The van der Waals surface area contributed by atoms with Crippen molar-refractivity contribution in [2.24, 2.45) is 11.3 Å². The topological polar surface area (TPSA) is 0 Å². The summed E-state index contributed by atoms with van der Waals surface area (Å²) >= 11 is -2.27. The van der Waals surface area contributed by atoms with Crippen molar-refractivity contribution >= 4 is 6.48 Å². The molecule has 0 aliphatic heterocycles. The fourth-order valence-electron chi connectivity index (χ4n) is 5.80. The van der Waals surface area contributed by atoms with Crippen molar-refractivity contribution in [3.05, 3.63) is 73.6 Å². The molecule has 0 fully saturated rings. The molecule has 3 heteroatoms. The Morgan fingerprint density at radius 2 is 1.37 bits per heavy atom. The van der Waals surface area contributed by atoms with Gasteiger partial charge in [0.05, 0.1) is 0 Å². The summed E-state index contributed by atoms with van der Waals surface area (Å²) in [6.45, 7) is 28.5. The molecule has 0 bridgehead atoms. The van der Waals surface area contributed by atoms with Gasteiger partial charge in [0, 0.05) is 0 Å². The average Bonchev–Trinajstić information content (AvgIpc) is 3.33. The van der Waals surface area contributed by atoms with Crippen LogP contribution in [0.25, 0.3) is 11.1 Å². The summed E-state index contributed by atoms with van der Waals surface area (Å²) in [5, 5.41) is 0. The molecule has 2 aromatic carbocycles. The van der Waals surface area contributed by atoms with Crippen molar-refractivity contribution in [1.29, 1.82) is 0 Å². The second-order valence-corrected chi connectivity index (χ2v) is 21.5. The molecule has 0 heterocycles. The summed E-state index contributed by atoms with van der Waals surface area (Å²) < 4.78 is 5.23. The third kappa shape index (κ3) is 6.42. The van der Waals surface area contributed by atoms with Crippen LogP contribution in [0.5, 0.6) is 0 Å². The first-order valence-electron chi connectivity index (χ1n) is 14.0. The molecule has 2 aliphatic carbocycles. The Morgan fingerprint density at radius 3 is 1.87 bits per heavy atom. The number of halogens is 2. The van der Waals surface area contributed by atoms with E-state index >= 15 is 0 Å². The first kappa shape index (κ1) is 33.5. The van der Waals surface area contributed by atoms with E-state index < -0.39 is 21.3 Å². The van der Waals surface area contributed by atoms with E-state index in [4.69, 9.17) is 0 Å². The van der Waals surface area contributed by atoms with Crippen molar-refractivity contribution in [2.75, 3.05) is 0 Å². The molecule has 0 saturated carbocycles. The SMILES string of the molecule is CCC1C=C(C(C)(C)C)C=[C]1[Zr+2](=[C](C)C)[c]1cc(C(C)(C)C)cc2c1Cc1ccc(C(C)(C)C)cc1-2.[Cl-].[Cl-]. The minimum atomic E-state index is -2.27. The fourth-order valence-corrected chi connectivity index (χ4v) is 13.7. The monoisotopic (exact) mass is 628 g/mol. The average molecular weight is 631 g/mol. The van der Waals surface area contributed by atoms with Gasteiger partial charge in [0.2, 0.25) is 0 Å². The number of benzene rings is 2. The van der Waals surface area contributed by atoms with Gasteiger partial charge in [-0.05, 0) is 0 Å². The van der Waals surface area contributed by atoms with Gasteiger partial charge < -0.3 is 24.8 Å². The summed E-state index contributed by atoms with van der Waals surface area (Å²) in [7, 11) is 0. The van der Waals surface area contributed by atoms with E-state index in [1.54, 1.807) is 20.9 Å². The normalized spacial score (nSPS) is 16.3. The van der Waals surface area contributed by atoms with E-state index in [2.05, 4.69) is 126 Å². The van der Waals surface area contributed by atoms with Gasteiger partial charge in [-0.3, -0.25) is 0 Å². The predicted octanol–water partition coefficient (Wildman–Crippen LogP) is 3.21. The molecule has 38 heavy (non-hydrogen) atoms. The van der Waals surface area contributed by atoms with Gasteiger partial charge in [-0.15, -0.1) is 0 Å². The molecule has 0 N–H and O–H groups in total. The molecule has 1 unspecified atom stereocenters. The third-order valence-electron chi connectivity index (χ3n) is 8.20. The molecule has 0 aromatic heterocycles. The van der Waals surface area contributed by atoms with Crippen LogP contribution in [0, 0.1) is 11.3 Å². The van der Waals surface area contributed by atoms with E-state index in [-0.39, 0.29) is 41.1 Å². The van der Waals surface area contributed by atoms with E-state index in [1.807, 2.05) is 0 Å². The molecule has 0 spiro atoms. The molecule has 2 aliphatic rings.